The maximum absolute atomic E-state index is 9.29. The summed E-state index contributed by atoms with van der Waals surface area (Å²) >= 11 is 0. The first-order valence-electron chi connectivity index (χ1n) is 4.54. The van der Waals surface area contributed by atoms with E-state index < -0.39 is 0 Å². The van der Waals surface area contributed by atoms with Crippen LogP contribution in [0.15, 0.2) is 0 Å². The molecule has 1 unspecified atom stereocenters. The van der Waals surface area contributed by atoms with E-state index in [0.29, 0.717) is 0 Å². The van der Waals surface area contributed by atoms with Crippen LogP contribution in [-0.2, 0) is 0 Å². The number of hydrazine groups is 1. The number of β-amino-alcohol motifs (C(OH)–C–C–N with tert-alkyl or cyclic N) is 1. The van der Waals surface area contributed by atoms with Crippen molar-refractivity contribution >= 4 is 0 Å². The molecule has 2 aliphatic rings. The van der Waals surface area contributed by atoms with Crippen LogP contribution in [0.4, 0.5) is 0 Å². The molecule has 0 aliphatic carbocycles. The van der Waals surface area contributed by atoms with Crippen LogP contribution in [0.5, 0.6) is 0 Å². The van der Waals surface area contributed by atoms with E-state index in [1.165, 1.54) is 25.9 Å². The van der Waals surface area contributed by atoms with E-state index in [0.717, 1.165) is 19.5 Å². The van der Waals surface area contributed by atoms with Crippen molar-refractivity contribution in [3.63, 3.8) is 0 Å². The van der Waals surface area contributed by atoms with Gasteiger partial charge in [-0.15, -0.1) is 0 Å². The number of nitrogens with zero attached hydrogens (tertiary/aromatic N) is 2. The fourth-order valence-corrected chi connectivity index (χ4v) is 1.96. The third kappa shape index (κ3) is 1.55. The van der Waals surface area contributed by atoms with E-state index in [2.05, 4.69) is 10.0 Å². The number of hydrogen-bond donors (Lipinski definition) is 1. The molecule has 0 spiro atoms. The molecule has 64 valence electrons. The molecule has 0 aromatic carbocycles. The normalized spacial score (nSPS) is 35.2. The first-order valence-corrected chi connectivity index (χ1v) is 4.54. The summed E-state index contributed by atoms with van der Waals surface area (Å²) in [5.74, 6) is 0. The van der Waals surface area contributed by atoms with E-state index in [4.69, 9.17) is 0 Å². The lowest BCUT2D eigenvalue weighted by molar-refractivity contribution is 0.00945. The smallest absolute Gasteiger partial charge is 0.0694 e. The lowest BCUT2D eigenvalue weighted by Gasteiger charge is -2.26. The molecule has 0 aromatic rings. The summed E-state index contributed by atoms with van der Waals surface area (Å²) in [5.41, 5.74) is 0. The molecular formula is C8H16N2O. The molecule has 2 aliphatic heterocycles. The van der Waals surface area contributed by atoms with E-state index in [9.17, 15) is 5.11 Å². The third-order valence-corrected chi connectivity index (χ3v) is 2.62. The van der Waals surface area contributed by atoms with Crippen LogP contribution in [0.2, 0.25) is 0 Å². The number of hydrogen-bond acceptors (Lipinski definition) is 3. The van der Waals surface area contributed by atoms with Gasteiger partial charge in [-0.3, -0.25) is 0 Å². The Morgan fingerprint density at radius 1 is 1.00 bits per heavy atom. The highest BCUT2D eigenvalue weighted by Crippen LogP contribution is 2.16. The zero-order valence-electron chi connectivity index (χ0n) is 6.87. The van der Waals surface area contributed by atoms with Crippen LogP contribution in [0.1, 0.15) is 19.3 Å². The van der Waals surface area contributed by atoms with Crippen LogP contribution >= 0.6 is 0 Å². The molecule has 2 fully saturated rings. The van der Waals surface area contributed by atoms with Crippen LogP contribution < -0.4 is 0 Å². The van der Waals surface area contributed by atoms with E-state index >= 15 is 0 Å². The molecular weight excluding hydrogens is 140 g/mol. The zero-order chi connectivity index (χ0) is 7.68. The first kappa shape index (κ1) is 7.53. The third-order valence-electron chi connectivity index (χ3n) is 2.62. The van der Waals surface area contributed by atoms with Gasteiger partial charge in [-0.25, -0.2) is 10.0 Å². The molecule has 0 bridgehead atoms. The average Bonchev–Trinajstić information content (AvgIpc) is 2.55. The fourth-order valence-electron chi connectivity index (χ4n) is 1.96. The second-order valence-electron chi connectivity index (χ2n) is 3.52. The Bertz CT molecular complexity index is 134. The summed E-state index contributed by atoms with van der Waals surface area (Å²) in [6.07, 6.45) is 3.53. The molecule has 0 radical (unpaired) electrons. The van der Waals surface area contributed by atoms with Gasteiger partial charge < -0.3 is 5.11 Å². The summed E-state index contributed by atoms with van der Waals surface area (Å²) in [7, 11) is 0. The van der Waals surface area contributed by atoms with Gasteiger partial charge in [0.15, 0.2) is 0 Å². The van der Waals surface area contributed by atoms with Gasteiger partial charge in [-0.1, -0.05) is 0 Å². The maximum atomic E-state index is 9.29. The van der Waals surface area contributed by atoms with Crippen molar-refractivity contribution in [1.29, 1.82) is 0 Å². The molecule has 3 heteroatoms. The van der Waals surface area contributed by atoms with Crippen molar-refractivity contribution in [2.24, 2.45) is 0 Å². The lowest BCUT2D eigenvalue weighted by Crippen LogP contribution is -2.39. The SMILES string of the molecule is OC1CCN(N2CCCC2)C1. The Labute approximate surface area is 67.6 Å². The van der Waals surface area contributed by atoms with Crippen LogP contribution in [0, 0.1) is 0 Å². The standard InChI is InChI=1S/C8H16N2O/c11-8-3-6-10(7-8)9-4-1-2-5-9/h8,11H,1-7H2. The largest absolute Gasteiger partial charge is 0.392 e. The predicted molar refractivity (Wildman–Crippen MR) is 43.0 cm³/mol. The van der Waals surface area contributed by atoms with Crippen LogP contribution in [0.25, 0.3) is 0 Å². The Morgan fingerprint density at radius 3 is 2.27 bits per heavy atom. The summed E-state index contributed by atoms with van der Waals surface area (Å²) in [5, 5.41) is 14.0. The van der Waals surface area contributed by atoms with Crippen molar-refractivity contribution < 1.29 is 5.11 Å². The molecule has 3 nitrogen and oxygen atoms in total. The Kier molecular flexibility index (Phi) is 2.11. The molecule has 1 atom stereocenters. The average molecular weight is 156 g/mol. The minimum Gasteiger partial charge on any atom is -0.392 e. The molecule has 2 rings (SSSR count). The van der Waals surface area contributed by atoms with E-state index in [-0.39, 0.29) is 6.10 Å². The monoisotopic (exact) mass is 156 g/mol. The van der Waals surface area contributed by atoms with Gasteiger partial charge in [0.1, 0.15) is 0 Å². The first-order chi connectivity index (χ1) is 5.36. The van der Waals surface area contributed by atoms with Crippen molar-refractivity contribution in [2.75, 3.05) is 26.2 Å². The van der Waals surface area contributed by atoms with Crippen molar-refractivity contribution in [3.05, 3.63) is 0 Å². The Balaban J connectivity index is 1.85. The van der Waals surface area contributed by atoms with Gasteiger partial charge in [0.2, 0.25) is 0 Å². The zero-order valence-corrected chi connectivity index (χ0v) is 6.87. The minimum absolute atomic E-state index is 0.0735. The summed E-state index contributed by atoms with van der Waals surface area (Å²) in [6.45, 7) is 4.32. The van der Waals surface area contributed by atoms with Gasteiger partial charge >= 0.3 is 0 Å². The van der Waals surface area contributed by atoms with Crippen molar-refractivity contribution in [1.82, 2.24) is 10.0 Å². The molecule has 2 saturated heterocycles. The number of aliphatic hydroxyl groups is 1. The molecule has 11 heavy (non-hydrogen) atoms. The van der Waals surface area contributed by atoms with Gasteiger partial charge in [0, 0.05) is 26.2 Å². The number of aliphatic hydroxyl groups excluding tert-OH is 1. The molecule has 1 N–H and O–H groups in total. The van der Waals surface area contributed by atoms with E-state index in [1.807, 2.05) is 0 Å². The lowest BCUT2D eigenvalue weighted by atomic mass is 10.3. The Morgan fingerprint density at radius 2 is 1.73 bits per heavy atom. The van der Waals surface area contributed by atoms with Gasteiger partial charge in [-0.2, -0.15) is 0 Å². The second kappa shape index (κ2) is 3.09. The molecule has 0 amide bonds. The van der Waals surface area contributed by atoms with Crippen LogP contribution in [0.3, 0.4) is 0 Å². The van der Waals surface area contributed by atoms with Gasteiger partial charge in [-0.05, 0) is 19.3 Å². The fraction of sp³-hybridized carbons (Fsp3) is 1.00. The Hall–Kier alpha value is -0.120. The molecule has 0 aromatic heterocycles. The van der Waals surface area contributed by atoms with Gasteiger partial charge in [0.25, 0.3) is 0 Å². The highest BCUT2D eigenvalue weighted by Gasteiger charge is 2.26. The topological polar surface area (TPSA) is 26.7 Å². The summed E-state index contributed by atoms with van der Waals surface area (Å²) < 4.78 is 0. The quantitative estimate of drug-likeness (QED) is 0.581. The highest BCUT2D eigenvalue weighted by atomic mass is 16.3. The number of rotatable bonds is 1. The van der Waals surface area contributed by atoms with Crippen LogP contribution in [-0.4, -0.2) is 47.4 Å². The van der Waals surface area contributed by atoms with E-state index in [1.54, 1.807) is 0 Å². The van der Waals surface area contributed by atoms with Crippen molar-refractivity contribution in [2.45, 2.75) is 25.4 Å². The highest BCUT2D eigenvalue weighted by molar-refractivity contribution is 4.75. The van der Waals surface area contributed by atoms with Gasteiger partial charge in [0.05, 0.1) is 6.10 Å². The van der Waals surface area contributed by atoms with Crippen molar-refractivity contribution in [3.8, 4) is 0 Å². The predicted octanol–water partition coefficient (Wildman–Crippen LogP) is 0.0638. The summed E-state index contributed by atoms with van der Waals surface area (Å²) in [6, 6.07) is 0. The second-order valence-corrected chi connectivity index (χ2v) is 3.52. The molecule has 2 heterocycles. The summed E-state index contributed by atoms with van der Waals surface area (Å²) in [4.78, 5) is 0. The maximum Gasteiger partial charge on any atom is 0.0694 e. The molecule has 0 saturated carbocycles. The minimum atomic E-state index is -0.0735.